The minimum atomic E-state index is -0.162. The van der Waals surface area contributed by atoms with Gasteiger partial charge in [0.1, 0.15) is 11.3 Å². The van der Waals surface area contributed by atoms with Crippen molar-refractivity contribution in [2.75, 3.05) is 18.2 Å². The molecule has 142 valence electrons. The van der Waals surface area contributed by atoms with Crippen LogP contribution in [0.15, 0.2) is 46.0 Å². The number of halogens is 1. The molecule has 1 N–H and O–H groups in total. The van der Waals surface area contributed by atoms with Crippen LogP contribution in [-0.4, -0.2) is 23.8 Å². The molecule has 0 bridgehead atoms. The highest BCUT2D eigenvalue weighted by Gasteiger charge is 2.17. The fraction of sp³-hybridized carbons (Fsp3) is 0.300. The molecule has 3 rings (SSSR count). The van der Waals surface area contributed by atoms with Gasteiger partial charge in [0.2, 0.25) is 5.91 Å². The van der Waals surface area contributed by atoms with E-state index in [0.29, 0.717) is 32.8 Å². The number of oxazole rings is 1. The number of nitrogens with zero attached hydrogens (tertiary/aromatic N) is 1. The molecule has 0 aliphatic heterocycles. The summed E-state index contributed by atoms with van der Waals surface area (Å²) in [6.45, 7) is 6.36. The Balaban J connectivity index is 1.69. The first-order valence-electron chi connectivity index (χ1n) is 8.43. The Hall–Kier alpha value is -2.18. The van der Waals surface area contributed by atoms with Crippen molar-refractivity contribution in [1.82, 2.24) is 4.98 Å². The molecule has 0 spiro atoms. The molecule has 0 atom stereocenters. The van der Waals surface area contributed by atoms with Crippen LogP contribution in [0, 0.1) is 0 Å². The first-order chi connectivity index (χ1) is 12.8. The molecule has 0 fully saturated rings. The number of rotatable bonds is 5. The average molecular weight is 405 g/mol. The number of amides is 1. The molecule has 0 saturated carbocycles. The summed E-state index contributed by atoms with van der Waals surface area (Å²) in [5.41, 5.74) is 3.05. The fourth-order valence-electron chi connectivity index (χ4n) is 2.53. The highest BCUT2D eigenvalue weighted by Crippen LogP contribution is 2.32. The van der Waals surface area contributed by atoms with E-state index in [1.165, 1.54) is 11.8 Å². The van der Waals surface area contributed by atoms with Gasteiger partial charge in [-0.2, -0.15) is 0 Å². The van der Waals surface area contributed by atoms with Crippen molar-refractivity contribution < 1.29 is 13.9 Å². The lowest BCUT2D eigenvalue weighted by Crippen LogP contribution is -2.17. The van der Waals surface area contributed by atoms with Gasteiger partial charge in [-0.25, -0.2) is 4.98 Å². The standard InChI is InChI=1S/C20H21ClN2O3S/c1-20(2,3)12-5-7-16(25-4)14(9-12)22-18(24)11-27-19-23-15-10-13(21)6-8-17(15)26-19/h5-10H,11H2,1-4H3,(H,22,24). The summed E-state index contributed by atoms with van der Waals surface area (Å²) in [7, 11) is 1.58. The van der Waals surface area contributed by atoms with Gasteiger partial charge in [-0.1, -0.05) is 50.2 Å². The van der Waals surface area contributed by atoms with Gasteiger partial charge in [0.25, 0.3) is 5.22 Å². The van der Waals surface area contributed by atoms with Crippen molar-refractivity contribution >= 4 is 46.1 Å². The van der Waals surface area contributed by atoms with E-state index in [0.717, 1.165) is 5.56 Å². The lowest BCUT2D eigenvalue weighted by molar-refractivity contribution is -0.113. The summed E-state index contributed by atoms with van der Waals surface area (Å²) in [4.78, 5) is 16.7. The first kappa shape index (κ1) is 19.6. The Labute approximate surface area is 167 Å². The maximum Gasteiger partial charge on any atom is 0.257 e. The predicted molar refractivity (Wildman–Crippen MR) is 110 cm³/mol. The molecule has 0 saturated heterocycles. The van der Waals surface area contributed by atoms with Crippen molar-refractivity contribution in [1.29, 1.82) is 0 Å². The van der Waals surface area contributed by atoms with Gasteiger partial charge in [0.15, 0.2) is 5.58 Å². The molecule has 2 aromatic carbocycles. The second-order valence-corrected chi connectivity index (χ2v) is 8.46. The fourth-order valence-corrected chi connectivity index (χ4v) is 3.33. The third kappa shape index (κ3) is 4.76. The van der Waals surface area contributed by atoms with E-state index in [1.807, 2.05) is 18.2 Å². The Morgan fingerprint density at radius 2 is 2.04 bits per heavy atom. The molecular weight excluding hydrogens is 384 g/mol. The summed E-state index contributed by atoms with van der Waals surface area (Å²) in [5, 5.41) is 3.93. The molecule has 1 heterocycles. The minimum absolute atomic E-state index is 0.0278. The maximum atomic E-state index is 12.4. The van der Waals surface area contributed by atoms with Crippen molar-refractivity contribution in [3.8, 4) is 5.75 Å². The van der Waals surface area contributed by atoms with Crippen molar-refractivity contribution in [2.45, 2.75) is 31.4 Å². The zero-order valence-electron chi connectivity index (χ0n) is 15.6. The third-order valence-electron chi connectivity index (χ3n) is 4.00. The molecule has 0 radical (unpaired) electrons. The third-order valence-corrected chi connectivity index (χ3v) is 5.06. The largest absolute Gasteiger partial charge is 0.495 e. The topological polar surface area (TPSA) is 64.4 Å². The zero-order valence-corrected chi connectivity index (χ0v) is 17.2. The van der Waals surface area contributed by atoms with Crippen LogP contribution in [0.5, 0.6) is 5.75 Å². The highest BCUT2D eigenvalue weighted by atomic mass is 35.5. The Bertz CT molecular complexity index is 979. The highest BCUT2D eigenvalue weighted by molar-refractivity contribution is 7.99. The van der Waals surface area contributed by atoms with E-state index in [2.05, 4.69) is 31.1 Å². The van der Waals surface area contributed by atoms with Gasteiger partial charge in [-0.05, 0) is 41.3 Å². The summed E-state index contributed by atoms with van der Waals surface area (Å²) in [6.07, 6.45) is 0. The van der Waals surface area contributed by atoms with Crippen LogP contribution >= 0.6 is 23.4 Å². The van der Waals surface area contributed by atoms with Crippen LogP contribution < -0.4 is 10.1 Å². The zero-order chi connectivity index (χ0) is 19.6. The Kier molecular flexibility index (Phi) is 5.67. The van der Waals surface area contributed by atoms with Gasteiger partial charge in [-0.3, -0.25) is 4.79 Å². The Morgan fingerprint density at radius 1 is 1.26 bits per heavy atom. The summed E-state index contributed by atoms with van der Waals surface area (Å²) >= 11 is 7.18. The number of methoxy groups -OCH3 is 1. The van der Waals surface area contributed by atoms with Crippen LogP contribution in [0.1, 0.15) is 26.3 Å². The monoisotopic (exact) mass is 404 g/mol. The van der Waals surface area contributed by atoms with Crippen LogP contribution in [0.25, 0.3) is 11.1 Å². The smallest absolute Gasteiger partial charge is 0.257 e. The molecule has 1 amide bonds. The van der Waals surface area contributed by atoms with Crippen molar-refractivity contribution in [2.24, 2.45) is 0 Å². The first-order valence-corrected chi connectivity index (χ1v) is 9.80. The number of nitrogens with one attached hydrogen (secondary N) is 1. The number of hydrogen-bond donors (Lipinski definition) is 1. The SMILES string of the molecule is COc1ccc(C(C)(C)C)cc1NC(=O)CSc1nc2cc(Cl)ccc2o1. The number of hydrogen-bond acceptors (Lipinski definition) is 5. The maximum absolute atomic E-state index is 12.4. The summed E-state index contributed by atoms with van der Waals surface area (Å²) in [5.74, 6) is 0.631. The van der Waals surface area contributed by atoms with Crippen LogP contribution in [0.2, 0.25) is 5.02 Å². The number of aromatic nitrogens is 1. The van der Waals surface area contributed by atoms with E-state index >= 15 is 0 Å². The number of carbonyl (C=O) groups is 1. The molecular formula is C20H21ClN2O3S. The number of thioether (sulfide) groups is 1. The van der Waals surface area contributed by atoms with E-state index in [4.69, 9.17) is 20.8 Å². The van der Waals surface area contributed by atoms with E-state index in [-0.39, 0.29) is 17.1 Å². The number of carbonyl (C=O) groups excluding carboxylic acids is 1. The molecule has 5 nitrogen and oxygen atoms in total. The molecule has 0 aliphatic carbocycles. The van der Waals surface area contributed by atoms with Crippen LogP contribution in [-0.2, 0) is 10.2 Å². The molecule has 3 aromatic rings. The molecule has 0 unspecified atom stereocenters. The summed E-state index contributed by atoms with van der Waals surface area (Å²) < 4.78 is 11.0. The Morgan fingerprint density at radius 3 is 2.74 bits per heavy atom. The minimum Gasteiger partial charge on any atom is -0.495 e. The van der Waals surface area contributed by atoms with Gasteiger partial charge < -0.3 is 14.5 Å². The van der Waals surface area contributed by atoms with Crippen molar-refractivity contribution in [3.05, 3.63) is 47.0 Å². The normalized spacial score (nSPS) is 11.6. The molecule has 7 heteroatoms. The number of anilines is 1. The second kappa shape index (κ2) is 7.82. The van der Waals surface area contributed by atoms with E-state index in [1.54, 1.807) is 25.3 Å². The van der Waals surface area contributed by atoms with E-state index in [9.17, 15) is 4.79 Å². The van der Waals surface area contributed by atoms with Crippen LogP contribution in [0.3, 0.4) is 0 Å². The second-order valence-electron chi connectivity index (χ2n) is 7.09. The van der Waals surface area contributed by atoms with Gasteiger partial charge >= 0.3 is 0 Å². The number of benzene rings is 2. The molecule has 1 aromatic heterocycles. The molecule has 27 heavy (non-hydrogen) atoms. The number of ether oxygens (including phenoxy) is 1. The van der Waals surface area contributed by atoms with Crippen LogP contribution in [0.4, 0.5) is 5.69 Å². The quantitative estimate of drug-likeness (QED) is 0.567. The summed E-state index contributed by atoms with van der Waals surface area (Å²) in [6, 6.07) is 11.1. The number of fused-ring (bicyclic) bond motifs is 1. The van der Waals surface area contributed by atoms with E-state index < -0.39 is 0 Å². The lowest BCUT2D eigenvalue weighted by atomic mass is 9.87. The van der Waals surface area contributed by atoms with Gasteiger partial charge in [0, 0.05) is 5.02 Å². The molecule has 0 aliphatic rings. The van der Waals surface area contributed by atoms with Gasteiger partial charge in [-0.15, -0.1) is 0 Å². The van der Waals surface area contributed by atoms with Gasteiger partial charge in [0.05, 0.1) is 18.6 Å². The lowest BCUT2D eigenvalue weighted by Gasteiger charge is -2.21. The van der Waals surface area contributed by atoms with Crippen molar-refractivity contribution in [3.63, 3.8) is 0 Å². The average Bonchev–Trinajstić information content (AvgIpc) is 3.01. The predicted octanol–water partition coefficient (Wildman–Crippen LogP) is 5.52.